The van der Waals surface area contributed by atoms with Crippen molar-refractivity contribution in [3.63, 3.8) is 0 Å². The molecule has 4 heteroatoms. The van der Waals surface area contributed by atoms with E-state index in [1.807, 2.05) is 18.2 Å². The summed E-state index contributed by atoms with van der Waals surface area (Å²) >= 11 is 9.52. The highest BCUT2D eigenvalue weighted by Crippen LogP contribution is 2.36. The number of anilines is 1. The molecular formula is C16H17BrClNO. The van der Waals surface area contributed by atoms with E-state index in [9.17, 15) is 0 Å². The van der Waals surface area contributed by atoms with Gasteiger partial charge in [-0.15, -0.1) is 0 Å². The Morgan fingerprint density at radius 2 is 1.95 bits per heavy atom. The van der Waals surface area contributed by atoms with Gasteiger partial charge in [0.25, 0.3) is 0 Å². The molecule has 2 nitrogen and oxygen atoms in total. The summed E-state index contributed by atoms with van der Waals surface area (Å²) in [5, 5.41) is 4.06. The van der Waals surface area contributed by atoms with Gasteiger partial charge in [-0.3, -0.25) is 0 Å². The van der Waals surface area contributed by atoms with Crippen LogP contribution in [0.1, 0.15) is 12.0 Å². The van der Waals surface area contributed by atoms with Crippen LogP contribution in [-0.4, -0.2) is 13.7 Å². The van der Waals surface area contributed by atoms with E-state index >= 15 is 0 Å². The van der Waals surface area contributed by atoms with E-state index < -0.39 is 0 Å². The maximum Gasteiger partial charge on any atom is 0.156 e. The molecule has 0 saturated heterocycles. The van der Waals surface area contributed by atoms with Crippen molar-refractivity contribution in [1.82, 2.24) is 0 Å². The number of nitrogens with one attached hydrogen (secondary N) is 1. The second kappa shape index (κ2) is 7.55. The molecule has 2 aromatic rings. The molecule has 20 heavy (non-hydrogen) atoms. The molecule has 2 rings (SSSR count). The predicted molar refractivity (Wildman–Crippen MR) is 89.0 cm³/mol. The van der Waals surface area contributed by atoms with Gasteiger partial charge in [-0.25, -0.2) is 0 Å². The van der Waals surface area contributed by atoms with Gasteiger partial charge in [0.1, 0.15) is 0 Å². The van der Waals surface area contributed by atoms with E-state index in [4.69, 9.17) is 16.3 Å². The lowest BCUT2D eigenvalue weighted by atomic mass is 10.1. The van der Waals surface area contributed by atoms with E-state index in [0.29, 0.717) is 5.02 Å². The summed E-state index contributed by atoms with van der Waals surface area (Å²) in [7, 11) is 1.66. The summed E-state index contributed by atoms with van der Waals surface area (Å²) in [5.74, 6) is 0.786. The number of benzene rings is 2. The first-order valence-electron chi connectivity index (χ1n) is 6.51. The first-order chi connectivity index (χ1) is 9.70. The molecule has 0 fully saturated rings. The van der Waals surface area contributed by atoms with Gasteiger partial charge < -0.3 is 10.1 Å². The molecule has 0 saturated carbocycles. The van der Waals surface area contributed by atoms with Crippen molar-refractivity contribution >= 4 is 33.2 Å². The van der Waals surface area contributed by atoms with Gasteiger partial charge >= 0.3 is 0 Å². The van der Waals surface area contributed by atoms with Gasteiger partial charge in [0.05, 0.1) is 17.3 Å². The summed E-state index contributed by atoms with van der Waals surface area (Å²) in [4.78, 5) is 0. The van der Waals surface area contributed by atoms with Crippen LogP contribution in [-0.2, 0) is 6.42 Å². The van der Waals surface area contributed by atoms with Crippen LogP contribution in [0.4, 0.5) is 5.69 Å². The van der Waals surface area contributed by atoms with Crippen LogP contribution in [0, 0.1) is 0 Å². The molecular weight excluding hydrogens is 338 g/mol. The topological polar surface area (TPSA) is 21.3 Å². The smallest absolute Gasteiger partial charge is 0.156 e. The number of methoxy groups -OCH3 is 1. The van der Waals surface area contributed by atoms with Crippen LogP contribution in [0.25, 0.3) is 0 Å². The molecule has 0 atom stereocenters. The highest BCUT2D eigenvalue weighted by molar-refractivity contribution is 9.10. The Balaban J connectivity index is 1.91. The van der Waals surface area contributed by atoms with E-state index in [2.05, 4.69) is 45.5 Å². The molecule has 0 aliphatic heterocycles. The van der Waals surface area contributed by atoms with Crippen LogP contribution < -0.4 is 10.1 Å². The Hall–Kier alpha value is -1.19. The van der Waals surface area contributed by atoms with Gasteiger partial charge in [0.2, 0.25) is 0 Å². The molecule has 0 aliphatic carbocycles. The lowest BCUT2D eigenvalue weighted by Gasteiger charge is -2.13. The zero-order chi connectivity index (χ0) is 14.4. The molecule has 0 radical (unpaired) electrons. The molecule has 0 unspecified atom stereocenters. The van der Waals surface area contributed by atoms with Crippen LogP contribution >= 0.6 is 27.5 Å². The van der Waals surface area contributed by atoms with Crippen molar-refractivity contribution in [2.45, 2.75) is 12.8 Å². The first-order valence-corrected chi connectivity index (χ1v) is 7.68. The van der Waals surface area contributed by atoms with Crippen molar-refractivity contribution in [3.05, 3.63) is 57.5 Å². The summed E-state index contributed by atoms with van der Waals surface area (Å²) in [6, 6.07) is 14.2. The molecule has 0 aliphatic rings. The fourth-order valence-corrected chi connectivity index (χ4v) is 3.03. The van der Waals surface area contributed by atoms with Crippen LogP contribution in [0.3, 0.4) is 0 Å². The fraction of sp³-hybridized carbons (Fsp3) is 0.250. The van der Waals surface area contributed by atoms with E-state index in [0.717, 1.165) is 35.3 Å². The highest BCUT2D eigenvalue weighted by atomic mass is 79.9. The monoisotopic (exact) mass is 353 g/mol. The number of rotatable bonds is 6. The van der Waals surface area contributed by atoms with Gasteiger partial charge in [0, 0.05) is 11.6 Å². The molecule has 0 heterocycles. The van der Waals surface area contributed by atoms with Crippen molar-refractivity contribution in [3.8, 4) is 5.75 Å². The highest BCUT2D eigenvalue weighted by Gasteiger charge is 2.08. The van der Waals surface area contributed by atoms with Gasteiger partial charge in [-0.1, -0.05) is 41.9 Å². The Labute approximate surface area is 133 Å². The Morgan fingerprint density at radius 1 is 1.20 bits per heavy atom. The maximum absolute atomic E-state index is 6.06. The minimum atomic E-state index is 0.684. The zero-order valence-corrected chi connectivity index (χ0v) is 13.7. The second-order valence-corrected chi connectivity index (χ2v) is 5.78. The molecule has 0 amide bonds. The summed E-state index contributed by atoms with van der Waals surface area (Å²) in [5.41, 5.74) is 2.27. The Kier molecular flexibility index (Phi) is 5.74. The van der Waals surface area contributed by atoms with Gasteiger partial charge in [-0.2, -0.15) is 0 Å². The summed E-state index contributed by atoms with van der Waals surface area (Å²) in [6.45, 7) is 0.873. The van der Waals surface area contributed by atoms with Gasteiger partial charge in [-0.05, 0) is 46.5 Å². The quantitative estimate of drug-likeness (QED) is 0.724. The number of ether oxygens (including phenoxy) is 1. The molecule has 0 bridgehead atoms. The average molecular weight is 355 g/mol. The van der Waals surface area contributed by atoms with E-state index in [1.54, 1.807) is 7.11 Å². The van der Waals surface area contributed by atoms with Crippen molar-refractivity contribution in [2.24, 2.45) is 0 Å². The van der Waals surface area contributed by atoms with E-state index in [1.165, 1.54) is 5.56 Å². The van der Waals surface area contributed by atoms with Crippen molar-refractivity contribution < 1.29 is 4.74 Å². The van der Waals surface area contributed by atoms with Gasteiger partial charge in [0.15, 0.2) is 5.75 Å². The molecule has 2 aromatic carbocycles. The summed E-state index contributed by atoms with van der Waals surface area (Å²) < 4.78 is 6.24. The third-order valence-electron chi connectivity index (χ3n) is 3.01. The van der Waals surface area contributed by atoms with E-state index in [-0.39, 0.29) is 0 Å². The van der Waals surface area contributed by atoms with Crippen LogP contribution in [0.15, 0.2) is 46.9 Å². The third kappa shape index (κ3) is 4.15. The number of hydrogen-bond acceptors (Lipinski definition) is 2. The average Bonchev–Trinajstić information content (AvgIpc) is 2.44. The largest absolute Gasteiger partial charge is 0.493 e. The maximum atomic E-state index is 6.06. The SMILES string of the molecule is COc1c(Br)cc(Cl)cc1NCCCc1ccccc1. The summed E-state index contributed by atoms with van der Waals surface area (Å²) in [6.07, 6.45) is 2.11. The zero-order valence-electron chi connectivity index (χ0n) is 11.3. The first kappa shape index (κ1) is 15.2. The Bertz CT molecular complexity index is 560. The molecule has 0 spiro atoms. The lowest BCUT2D eigenvalue weighted by Crippen LogP contribution is -2.05. The Morgan fingerprint density at radius 3 is 2.65 bits per heavy atom. The lowest BCUT2D eigenvalue weighted by molar-refractivity contribution is 0.414. The minimum absolute atomic E-state index is 0.684. The predicted octanol–water partition coefficient (Wildman–Crippen LogP) is 5.16. The molecule has 1 N–H and O–H groups in total. The molecule has 106 valence electrons. The van der Waals surface area contributed by atoms with Crippen LogP contribution in [0.5, 0.6) is 5.75 Å². The fourth-order valence-electron chi connectivity index (χ4n) is 2.06. The molecule has 0 aromatic heterocycles. The standard InChI is InChI=1S/C16H17BrClNO/c1-20-16-14(17)10-13(18)11-15(16)19-9-5-8-12-6-3-2-4-7-12/h2-4,6-7,10-11,19H,5,8-9H2,1H3. The van der Waals surface area contributed by atoms with Crippen molar-refractivity contribution in [1.29, 1.82) is 0 Å². The van der Waals surface area contributed by atoms with Crippen molar-refractivity contribution in [2.75, 3.05) is 19.0 Å². The van der Waals surface area contributed by atoms with Crippen LogP contribution in [0.2, 0.25) is 5.02 Å². The normalized spacial score (nSPS) is 10.3. The second-order valence-electron chi connectivity index (χ2n) is 4.48. The number of aryl methyl sites for hydroxylation is 1. The third-order valence-corrected chi connectivity index (χ3v) is 3.82. The minimum Gasteiger partial charge on any atom is -0.493 e. The number of halogens is 2. The number of hydrogen-bond donors (Lipinski definition) is 1.